The van der Waals surface area contributed by atoms with E-state index in [1.165, 1.54) is 0 Å². The standard InChI is InChI=1S/C10H13N3O2/c1-4-5-11-9(10(14)15)8-6-13(3)12-7(8)2/h1,6,9,11H,5H2,2-3H3,(H,14,15). The topological polar surface area (TPSA) is 67.2 Å². The fraction of sp³-hybridized carbons (Fsp3) is 0.400. The number of terminal acetylenes is 1. The molecule has 0 spiro atoms. The van der Waals surface area contributed by atoms with E-state index in [4.69, 9.17) is 11.5 Å². The van der Waals surface area contributed by atoms with E-state index in [1.54, 1.807) is 24.9 Å². The lowest BCUT2D eigenvalue weighted by Gasteiger charge is -2.11. The number of rotatable bonds is 4. The molecule has 0 aliphatic carbocycles. The number of hydrogen-bond acceptors (Lipinski definition) is 3. The summed E-state index contributed by atoms with van der Waals surface area (Å²) in [5.74, 6) is 1.39. The molecule has 0 fully saturated rings. The van der Waals surface area contributed by atoms with E-state index in [9.17, 15) is 4.79 Å². The Morgan fingerprint density at radius 2 is 2.53 bits per heavy atom. The van der Waals surface area contributed by atoms with E-state index in [-0.39, 0.29) is 6.54 Å². The number of carbonyl (C=O) groups is 1. The molecule has 1 rings (SSSR count). The summed E-state index contributed by atoms with van der Waals surface area (Å²) in [6.07, 6.45) is 6.75. The largest absolute Gasteiger partial charge is 0.480 e. The second-order valence-corrected chi connectivity index (χ2v) is 3.20. The van der Waals surface area contributed by atoms with Crippen molar-refractivity contribution in [1.29, 1.82) is 0 Å². The average Bonchev–Trinajstić information content (AvgIpc) is 2.46. The maximum Gasteiger partial charge on any atom is 0.325 e. The van der Waals surface area contributed by atoms with Gasteiger partial charge in [-0.1, -0.05) is 5.92 Å². The van der Waals surface area contributed by atoms with Crippen LogP contribution in [0.25, 0.3) is 0 Å². The van der Waals surface area contributed by atoms with Gasteiger partial charge in [0.25, 0.3) is 0 Å². The van der Waals surface area contributed by atoms with Crippen molar-refractivity contribution in [1.82, 2.24) is 15.1 Å². The molecule has 0 radical (unpaired) electrons. The number of carboxylic acids is 1. The smallest absolute Gasteiger partial charge is 0.325 e. The van der Waals surface area contributed by atoms with Crippen molar-refractivity contribution < 1.29 is 9.90 Å². The minimum atomic E-state index is -0.957. The van der Waals surface area contributed by atoms with E-state index in [1.807, 2.05) is 0 Å². The van der Waals surface area contributed by atoms with E-state index < -0.39 is 12.0 Å². The quantitative estimate of drug-likeness (QED) is 0.686. The van der Waals surface area contributed by atoms with E-state index in [2.05, 4.69) is 16.3 Å². The minimum absolute atomic E-state index is 0.214. The molecular weight excluding hydrogens is 194 g/mol. The zero-order valence-electron chi connectivity index (χ0n) is 8.69. The van der Waals surface area contributed by atoms with Crippen LogP contribution in [-0.4, -0.2) is 27.4 Å². The second kappa shape index (κ2) is 4.62. The molecule has 15 heavy (non-hydrogen) atoms. The SMILES string of the molecule is C#CCNC(C(=O)O)c1cn(C)nc1C. The molecule has 5 nitrogen and oxygen atoms in total. The Morgan fingerprint density at radius 3 is 2.93 bits per heavy atom. The van der Waals surface area contributed by atoms with Crippen molar-refractivity contribution in [2.75, 3.05) is 6.54 Å². The molecule has 5 heteroatoms. The molecule has 0 saturated heterocycles. The summed E-state index contributed by atoms with van der Waals surface area (Å²) in [4.78, 5) is 11.0. The fourth-order valence-corrected chi connectivity index (χ4v) is 1.39. The highest BCUT2D eigenvalue weighted by atomic mass is 16.4. The number of hydrogen-bond donors (Lipinski definition) is 2. The highest BCUT2D eigenvalue weighted by Crippen LogP contribution is 2.16. The fourth-order valence-electron chi connectivity index (χ4n) is 1.39. The molecule has 0 amide bonds. The van der Waals surface area contributed by atoms with Crippen LogP contribution >= 0.6 is 0 Å². The first kappa shape index (κ1) is 11.3. The first-order valence-electron chi connectivity index (χ1n) is 4.46. The third-order valence-electron chi connectivity index (χ3n) is 2.02. The van der Waals surface area contributed by atoms with Gasteiger partial charge in [-0.25, -0.2) is 0 Å². The van der Waals surface area contributed by atoms with E-state index >= 15 is 0 Å². The van der Waals surface area contributed by atoms with Gasteiger partial charge in [0.1, 0.15) is 6.04 Å². The highest BCUT2D eigenvalue weighted by molar-refractivity contribution is 5.75. The van der Waals surface area contributed by atoms with Gasteiger partial charge in [0, 0.05) is 18.8 Å². The van der Waals surface area contributed by atoms with Crippen molar-refractivity contribution in [3.8, 4) is 12.3 Å². The number of nitrogens with one attached hydrogen (secondary N) is 1. The van der Waals surface area contributed by atoms with Crippen LogP contribution in [0, 0.1) is 19.3 Å². The molecule has 0 aliphatic rings. The molecular formula is C10H13N3O2. The average molecular weight is 207 g/mol. The van der Waals surface area contributed by atoms with Crippen LogP contribution in [0.2, 0.25) is 0 Å². The molecule has 1 atom stereocenters. The normalized spacial score (nSPS) is 12.1. The molecule has 0 bridgehead atoms. The Bertz CT molecular complexity index is 403. The summed E-state index contributed by atoms with van der Waals surface area (Å²) < 4.78 is 1.58. The first-order chi connectivity index (χ1) is 7.06. The number of nitrogens with zero attached hydrogens (tertiary/aromatic N) is 2. The minimum Gasteiger partial charge on any atom is -0.480 e. The lowest BCUT2D eigenvalue weighted by atomic mass is 10.1. The van der Waals surface area contributed by atoms with Gasteiger partial charge in [0.2, 0.25) is 0 Å². The molecule has 0 saturated carbocycles. The van der Waals surface area contributed by atoms with Gasteiger partial charge in [0.15, 0.2) is 0 Å². The number of carboxylic acid groups (broad SMARTS) is 1. The third-order valence-corrected chi connectivity index (χ3v) is 2.02. The zero-order chi connectivity index (χ0) is 11.4. The number of aliphatic carboxylic acids is 1. The molecule has 1 aromatic heterocycles. The lowest BCUT2D eigenvalue weighted by Crippen LogP contribution is -2.29. The van der Waals surface area contributed by atoms with Gasteiger partial charge in [-0.15, -0.1) is 6.42 Å². The molecule has 0 aromatic carbocycles. The second-order valence-electron chi connectivity index (χ2n) is 3.20. The van der Waals surface area contributed by atoms with Crippen molar-refractivity contribution in [3.63, 3.8) is 0 Å². The Hall–Kier alpha value is -1.80. The Balaban J connectivity index is 2.94. The number of aryl methyl sites for hydroxylation is 2. The summed E-state index contributed by atoms with van der Waals surface area (Å²) in [5.41, 5.74) is 1.33. The Labute approximate surface area is 88.1 Å². The monoisotopic (exact) mass is 207 g/mol. The third kappa shape index (κ3) is 2.58. The molecule has 0 aliphatic heterocycles. The van der Waals surface area contributed by atoms with E-state index in [0.29, 0.717) is 11.3 Å². The van der Waals surface area contributed by atoms with Gasteiger partial charge in [-0.3, -0.25) is 14.8 Å². The first-order valence-corrected chi connectivity index (χ1v) is 4.46. The summed E-state index contributed by atoms with van der Waals surface area (Å²) in [6.45, 7) is 1.98. The predicted octanol–water partition coefficient (Wildman–Crippen LogP) is 0.0770. The molecule has 1 unspecified atom stereocenters. The van der Waals surface area contributed by atoms with Crippen molar-refractivity contribution in [2.45, 2.75) is 13.0 Å². The van der Waals surface area contributed by atoms with Gasteiger partial charge < -0.3 is 5.11 Å². The van der Waals surface area contributed by atoms with Gasteiger partial charge >= 0.3 is 5.97 Å². The van der Waals surface area contributed by atoms with Gasteiger partial charge in [-0.05, 0) is 6.92 Å². The summed E-state index contributed by atoms with van der Waals surface area (Å²) in [5, 5.41) is 15.9. The Kier molecular flexibility index (Phi) is 3.47. The van der Waals surface area contributed by atoms with Crippen LogP contribution in [0.15, 0.2) is 6.20 Å². The summed E-state index contributed by atoms with van der Waals surface area (Å²) in [6, 6.07) is -0.797. The highest BCUT2D eigenvalue weighted by Gasteiger charge is 2.22. The molecule has 2 N–H and O–H groups in total. The summed E-state index contributed by atoms with van der Waals surface area (Å²) in [7, 11) is 1.75. The molecule has 80 valence electrons. The number of aromatic nitrogens is 2. The van der Waals surface area contributed by atoms with Crippen LogP contribution in [0.3, 0.4) is 0 Å². The maximum absolute atomic E-state index is 11.0. The Morgan fingerprint density at radius 1 is 1.87 bits per heavy atom. The van der Waals surface area contributed by atoms with Crippen LogP contribution in [-0.2, 0) is 11.8 Å². The van der Waals surface area contributed by atoms with Crippen LogP contribution < -0.4 is 5.32 Å². The summed E-state index contributed by atoms with van der Waals surface area (Å²) >= 11 is 0. The lowest BCUT2D eigenvalue weighted by molar-refractivity contribution is -0.139. The van der Waals surface area contributed by atoms with Gasteiger partial charge in [-0.2, -0.15) is 5.10 Å². The van der Waals surface area contributed by atoms with Gasteiger partial charge in [0.05, 0.1) is 12.2 Å². The van der Waals surface area contributed by atoms with Crippen molar-refractivity contribution >= 4 is 5.97 Å². The maximum atomic E-state index is 11.0. The van der Waals surface area contributed by atoms with Crippen LogP contribution in [0.5, 0.6) is 0 Å². The molecule has 1 heterocycles. The predicted molar refractivity (Wildman–Crippen MR) is 55.2 cm³/mol. The van der Waals surface area contributed by atoms with Crippen LogP contribution in [0.1, 0.15) is 17.3 Å². The molecule has 1 aromatic rings. The van der Waals surface area contributed by atoms with Crippen molar-refractivity contribution in [2.24, 2.45) is 7.05 Å². The van der Waals surface area contributed by atoms with E-state index in [0.717, 1.165) is 0 Å². The van der Waals surface area contributed by atoms with Crippen LogP contribution in [0.4, 0.5) is 0 Å². The van der Waals surface area contributed by atoms with Crippen molar-refractivity contribution in [3.05, 3.63) is 17.5 Å². The zero-order valence-corrected chi connectivity index (χ0v) is 8.69.